The van der Waals surface area contributed by atoms with E-state index in [-0.39, 0.29) is 6.15 Å². The molecule has 0 atom stereocenters. The van der Waals surface area contributed by atoms with Gasteiger partial charge in [0.15, 0.2) is 0 Å². The SMILES string of the molecule is CC(C)(C)CCCCCCCCCCCCCCCCl.N. The van der Waals surface area contributed by atoms with Gasteiger partial charge in [-0.15, -0.1) is 11.6 Å². The fourth-order valence-corrected chi connectivity index (χ4v) is 2.88. The molecule has 0 aromatic rings. The Bertz CT molecular complexity index is 186. The lowest BCUT2D eigenvalue weighted by Crippen LogP contribution is -2.03. The average molecular weight is 320 g/mol. The Labute approximate surface area is 140 Å². The van der Waals surface area contributed by atoms with Crippen molar-refractivity contribution in [1.82, 2.24) is 6.15 Å². The van der Waals surface area contributed by atoms with Gasteiger partial charge in [0.05, 0.1) is 0 Å². The quantitative estimate of drug-likeness (QED) is 0.256. The monoisotopic (exact) mass is 319 g/mol. The van der Waals surface area contributed by atoms with Crippen LogP contribution in [0.25, 0.3) is 0 Å². The van der Waals surface area contributed by atoms with Crippen LogP contribution in [0.4, 0.5) is 0 Å². The molecule has 0 radical (unpaired) electrons. The van der Waals surface area contributed by atoms with Crippen molar-refractivity contribution in [3.63, 3.8) is 0 Å². The van der Waals surface area contributed by atoms with E-state index in [0.29, 0.717) is 5.41 Å². The molecule has 3 N–H and O–H groups in total. The largest absolute Gasteiger partial charge is 0.344 e. The number of halogens is 1. The molecular weight excluding hydrogens is 278 g/mol. The van der Waals surface area contributed by atoms with Gasteiger partial charge < -0.3 is 6.15 Å². The van der Waals surface area contributed by atoms with Gasteiger partial charge in [-0.05, 0) is 18.3 Å². The van der Waals surface area contributed by atoms with Gasteiger partial charge in [-0.3, -0.25) is 0 Å². The molecule has 0 aliphatic heterocycles. The minimum Gasteiger partial charge on any atom is -0.344 e. The van der Waals surface area contributed by atoms with E-state index in [1.54, 1.807) is 0 Å². The molecule has 21 heavy (non-hydrogen) atoms. The van der Waals surface area contributed by atoms with E-state index in [9.17, 15) is 0 Å². The first-order valence-electron chi connectivity index (χ1n) is 9.12. The Morgan fingerprint density at radius 3 is 1.10 bits per heavy atom. The summed E-state index contributed by atoms with van der Waals surface area (Å²) in [6, 6.07) is 0. The van der Waals surface area contributed by atoms with E-state index in [4.69, 9.17) is 11.6 Å². The molecule has 0 aromatic carbocycles. The number of hydrogen-bond donors (Lipinski definition) is 1. The highest BCUT2D eigenvalue weighted by Crippen LogP contribution is 2.22. The average Bonchev–Trinajstić information content (AvgIpc) is 2.38. The van der Waals surface area contributed by atoms with Gasteiger partial charge in [-0.1, -0.05) is 97.8 Å². The fourth-order valence-electron chi connectivity index (χ4n) is 2.69. The molecule has 0 fully saturated rings. The zero-order chi connectivity index (χ0) is 15.1. The van der Waals surface area contributed by atoms with Gasteiger partial charge >= 0.3 is 0 Å². The Hall–Kier alpha value is 0.250. The molecule has 0 aliphatic rings. The fraction of sp³-hybridized carbons (Fsp3) is 1.00. The molecule has 0 saturated heterocycles. The van der Waals surface area contributed by atoms with Crippen molar-refractivity contribution in [3.05, 3.63) is 0 Å². The zero-order valence-electron chi connectivity index (χ0n) is 15.2. The third-order valence-electron chi connectivity index (χ3n) is 4.06. The molecule has 0 spiro atoms. The van der Waals surface area contributed by atoms with Crippen LogP contribution in [0, 0.1) is 5.41 Å². The van der Waals surface area contributed by atoms with Gasteiger partial charge in [0.1, 0.15) is 0 Å². The molecule has 0 heterocycles. The van der Waals surface area contributed by atoms with Crippen molar-refractivity contribution in [2.45, 2.75) is 111 Å². The summed E-state index contributed by atoms with van der Waals surface area (Å²) in [5.41, 5.74) is 0.532. The van der Waals surface area contributed by atoms with Crippen LogP contribution in [0.3, 0.4) is 0 Å². The Kier molecular flexibility index (Phi) is 18.6. The van der Waals surface area contributed by atoms with E-state index in [1.807, 2.05) is 0 Å². The van der Waals surface area contributed by atoms with Gasteiger partial charge in [-0.25, -0.2) is 0 Å². The van der Waals surface area contributed by atoms with E-state index in [1.165, 1.54) is 89.9 Å². The topological polar surface area (TPSA) is 35.0 Å². The minimum absolute atomic E-state index is 0. The lowest BCUT2D eigenvalue weighted by molar-refractivity contribution is 0.356. The maximum Gasteiger partial charge on any atom is 0.0223 e. The zero-order valence-corrected chi connectivity index (χ0v) is 15.9. The summed E-state index contributed by atoms with van der Waals surface area (Å²) in [7, 11) is 0. The second kappa shape index (κ2) is 16.6. The summed E-state index contributed by atoms with van der Waals surface area (Å²) in [4.78, 5) is 0. The summed E-state index contributed by atoms with van der Waals surface area (Å²) in [6.45, 7) is 7.05. The lowest BCUT2D eigenvalue weighted by atomic mass is 9.89. The van der Waals surface area contributed by atoms with Crippen LogP contribution in [0.2, 0.25) is 0 Å². The highest BCUT2D eigenvalue weighted by Gasteiger charge is 2.08. The summed E-state index contributed by atoms with van der Waals surface area (Å²) in [6.07, 6.45) is 19.8. The molecule has 0 rings (SSSR count). The maximum atomic E-state index is 5.67. The second-order valence-electron chi connectivity index (χ2n) is 7.60. The first-order chi connectivity index (χ1) is 9.56. The predicted octanol–water partition coefficient (Wildman–Crippen LogP) is 7.89. The van der Waals surface area contributed by atoms with Crippen molar-refractivity contribution in [2.24, 2.45) is 5.41 Å². The lowest BCUT2D eigenvalue weighted by Gasteiger charge is -2.17. The van der Waals surface area contributed by atoms with Gasteiger partial charge in [0, 0.05) is 5.88 Å². The van der Waals surface area contributed by atoms with Gasteiger partial charge in [-0.2, -0.15) is 0 Å². The summed E-state index contributed by atoms with van der Waals surface area (Å²) in [5, 5.41) is 0. The van der Waals surface area contributed by atoms with Gasteiger partial charge in [0.25, 0.3) is 0 Å². The molecule has 0 amide bonds. The molecule has 130 valence electrons. The van der Waals surface area contributed by atoms with Crippen molar-refractivity contribution in [1.29, 1.82) is 0 Å². The van der Waals surface area contributed by atoms with Crippen LogP contribution in [0.15, 0.2) is 0 Å². The van der Waals surface area contributed by atoms with E-state index in [2.05, 4.69) is 20.8 Å². The third-order valence-corrected chi connectivity index (χ3v) is 4.33. The van der Waals surface area contributed by atoms with Crippen molar-refractivity contribution < 1.29 is 0 Å². The first kappa shape index (κ1) is 23.5. The summed E-state index contributed by atoms with van der Waals surface area (Å²) >= 11 is 5.67. The standard InChI is InChI=1S/C19H39Cl.H3N/c1-19(2,3)17-15-13-11-9-7-5-4-6-8-10-12-14-16-18-20;/h4-18H2,1-3H3;1H3. The highest BCUT2D eigenvalue weighted by molar-refractivity contribution is 6.17. The van der Waals surface area contributed by atoms with Crippen LogP contribution in [0.1, 0.15) is 111 Å². The number of unbranched alkanes of at least 4 members (excludes halogenated alkanes) is 12. The van der Waals surface area contributed by atoms with Crippen LogP contribution >= 0.6 is 11.6 Å². The number of hydrogen-bond acceptors (Lipinski definition) is 1. The van der Waals surface area contributed by atoms with Gasteiger partial charge in [0.2, 0.25) is 0 Å². The molecule has 0 unspecified atom stereocenters. The molecule has 0 saturated carbocycles. The Morgan fingerprint density at radius 2 is 0.810 bits per heavy atom. The first-order valence-corrected chi connectivity index (χ1v) is 9.66. The molecule has 0 aromatic heterocycles. The molecule has 2 heteroatoms. The van der Waals surface area contributed by atoms with Crippen molar-refractivity contribution >= 4 is 11.6 Å². The summed E-state index contributed by atoms with van der Waals surface area (Å²) < 4.78 is 0. The smallest absolute Gasteiger partial charge is 0.0223 e. The van der Waals surface area contributed by atoms with Crippen LogP contribution in [-0.4, -0.2) is 5.88 Å². The second-order valence-corrected chi connectivity index (χ2v) is 7.97. The van der Waals surface area contributed by atoms with Crippen molar-refractivity contribution in [2.75, 3.05) is 5.88 Å². The Morgan fingerprint density at radius 1 is 0.524 bits per heavy atom. The minimum atomic E-state index is 0. The summed E-state index contributed by atoms with van der Waals surface area (Å²) in [5.74, 6) is 0.843. The number of alkyl halides is 1. The van der Waals surface area contributed by atoms with Crippen LogP contribution in [-0.2, 0) is 0 Å². The maximum absolute atomic E-state index is 5.67. The predicted molar refractivity (Wildman–Crippen MR) is 99.8 cm³/mol. The third kappa shape index (κ3) is 22.7. The van der Waals surface area contributed by atoms with E-state index < -0.39 is 0 Å². The normalized spacial score (nSPS) is 11.4. The van der Waals surface area contributed by atoms with E-state index in [0.717, 1.165) is 5.88 Å². The van der Waals surface area contributed by atoms with Crippen LogP contribution in [0.5, 0.6) is 0 Å². The Balaban J connectivity index is 0. The highest BCUT2D eigenvalue weighted by atomic mass is 35.5. The van der Waals surface area contributed by atoms with E-state index >= 15 is 0 Å². The van der Waals surface area contributed by atoms with Crippen molar-refractivity contribution in [3.8, 4) is 0 Å². The van der Waals surface area contributed by atoms with Crippen LogP contribution < -0.4 is 6.15 Å². The molecule has 0 aliphatic carbocycles. The molecule has 1 nitrogen and oxygen atoms in total. The molecular formula is C19H42ClN. The molecule has 0 bridgehead atoms. The number of rotatable bonds is 14.